The van der Waals surface area contributed by atoms with Crippen molar-refractivity contribution in [2.75, 3.05) is 12.4 Å². The van der Waals surface area contributed by atoms with Gasteiger partial charge in [-0.2, -0.15) is 0 Å². The molecule has 0 radical (unpaired) electrons. The molecule has 0 spiro atoms. The first-order valence-electron chi connectivity index (χ1n) is 5.46. The molecule has 0 saturated heterocycles. The Morgan fingerprint density at radius 1 is 1.42 bits per heavy atom. The van der Waals surface area contributed by atoms with Crippen LogP contribution in [-0.2, 0) is 11.3 Å². The average molecular weight is 284 g/mol. The van der Waals surface area contributed by atoms with Crippen molar-refractivity contribution in [1.82, 2.24) is 0 Å². The average Bonchev–Trinajstić information content (AvgIpc) is 2.88. The van der Waals surface area contributed by atoms with E-state index in [2.05, 4.69) is 10.1 Å². The van der Waals surface area contributed by atoms with E-state index >= 15 is 0 Å². The van der Waals surface area contributed by atoms with Gasteiger partial charge in [0.25, 0.3) is 0 Å². The maximum atomic E-state index is 13.0. The van der Waals surface area contributed by atoms with Crippen LogP contribution in [0.3, 0.4) is 0 Å². The molecule has 0 unspecified atom stereocenters. The normalized spacial score (nSPS) is 10.3. The minimum atomic E-state index is -0.546. The topological polar surface area (TPSA) is 51.5 Å². The highest BCUT2D eigenvalue weighted by atomic mass is 35.5. The van der Waals surface area contributed by atoms with Crippen LogP contribution in [0, 0.1) is 5.82 Å². The number of halogens is 2. The Morgan fingerprint density at radius 2 is 2.21 bits per heavy atom. The summed E-state index contributed by atoms with van der Waals surface area (Å²) in [6.45, 7) is 0.278. The number of carbonyl (C=O) groups is 1. The Hall–Kier alpha value is -2.01. The lowest BCUT2D eigenvalue weighted by Gasteiger charge is -2.06. The number of furan rings is 1. The van der Waals surface area contributed by atoms with E-state index in [4.69, 9.17) is 16.0 Å². The molecule has 0 amide bonds. The van der Waals surface area contributed by atoms with Crippen molar-refractivity contribution in [2.45, 2.75) is 6.54 Å². The SMILES string of the molecule is COC(=O)c1ccc(CNc2cc(F)ccc2Cl)o1. The maximum Gasteiger partial charge on any atom is 0.373 e. The predicted octanol–water partition coefficient (Wildman–Crippen LogP) is 3.47. The quantitative estimate of drug-likeness (QED) is 0.873. The third-order valence-electron chi connectivity index (χ3n) is 2.43. The Bertz CT molecular complexity index is 597. The fourth-order valence-corrected chi connectivity index (χ4v) is 1.68. The van der Waals surface area contributed by atoms with E-state index in [1.165, 1.54) is 31.4 Å². The van der Waals surface area contributed by atoms with Crippen molar-refractivity contribution in [2.24, 2.45) is 0 Å². The fraction of sp³-hybridized carbons (Fsp3) is 0.154. The lowest BCUT2D eigenvalue weighted by Crippen LogP contribution is -2.00. The van der Waals surface area contributed by atoms with E-state index in [1.807, 2.05) is 0 Å². The number of nitrogens with one attached hydrogen (secondary N) is 1. The van der Waals surface area contributed by atoms with E-state index in [0.717, 1.165) is 0 Å². The van der Waals surface area contributed by atoms with E-state index in [-0.39, 0.29) is 18.1 Å². The van der Waals surface area contributed by atoms with Gasteiger partial charge in [0.2, 0.25) is 5.76 Å². The van der Waals surface area contributed by atoms with Crippen LogP contribution in [-0.4, -0.2) is 13.1 Å². The summed E-state index contributed by atoms with van der Waals surface area (Å²) in [5.74, 6) is -0.304. The lowest BCUT2D eigenvalue weighted by molar-refractivity contribution is 0.0563. The van der Waals surface area contributed by atoms with Gasteiger partial charge in [-0.05, 0) is 30.3 Å². The van der Waals surface area contributed by atoms with Crippen LogP contribution in [0.15, 0.2) is 34.7 Å². The monoisotopic (exact) mass is 283 g/mol. The zero-order valence-corrected chi connectivity index (χ0v) is 10.8. The van der Waals surface area contributed by atoms with Gasteiger partial charge in [-0.15, -0.1) is 0 Å². The van der Waals surface area contributed by atoms with Crippen LogP contribution in [0.4, 0.5) is 10.1 Å². The fourth-order valence-electron chi connectivity index (χ4n) is 1.50. The van der Waals surface area contributed by atoms with Gasteiger partial charge in [0.05, 0.1) is 24.4 Å². The van der Waals surface area contributed by atoms with Crippen LogP contribution < -0.4 is 5.32 Å². The summed E-state index contributed by atoms with van der Waals surface area (Å²) >= 11 is 5.91. The smallest absolute Gasteiger partial charge is 0.373 e. The molecule has 1 aromatic heterocycles. The Balaban J connectivity index is 2.04. The van der Waals surface area contributed by atoms with Gasteiger partial charge in [0.15, 0.2) is 0 Å². The van der Waals surface area contributed by atoms with Crippen molar-refractivity contribution < 1.29 is 18.3 Å². The largest absolute Gasteiger partial charge is 0.463 e. The van der Waals surface area contributed by atoms with Crippen LogP contribution >= 0.6 is 11.6 Å². The molecule has 0 atom stereocenters. The molecule has 0 fully saturated rings. The summed E-state index contributed by atoms with van der Waals surface area (Å²) in [7, 11) is 1.27. The molecule has 0 aliphatic carbocycles. The van der Waals surface area contributed by atoms with Gasteiger partial charge < -0.3 is 14.5 Å². The molecule has 1 N–H and O–H groups in total. The van der Waals surface area contributed by atoms with Crippen LogP contribution in [0.1, 0.15) is 16.3 Å². The summed E-state index contributed by atoms with van der Waals surface area (Å²) in [5, 5.41) is 3.33. The first-order chi connectivity index (χ1) is 9.10. The second kappa shape index (κ2) is 5.75. The molecular formula is C13H11ClFNO3. The molecule has 4 nitrogen and oxygen atoms in total. The molecule has 100 valence electrons. The van der Waals surface area contributed by atoms with Gasteiger partial charge >= 0.3 is 5.97 Å². The molecule has 1 heterocycles. The molecule has 0 bridgehead atoms. The molecule has 2 rings (SSSR count). The first-order valence-corrected chi connectivity index (χ1v) is 5.84. The molecule has 0 saturated carbocycles. The summed E-state index contributed by atoms with van der Waals surface area (Å²) < 4.78 is 22.8. The van der Waals surface area contributed by atoms with Crippen molar-refractivity contribution in [3.63, 3.8) is 0 Å². The van der Waals surface area contributed by atoms with Gasteiger partial charge in [0, 0.05) is 0 Å². The summed E-state index contributed by atoms with van der Waals surface area (Å²) in [6, 6.07) is 7.16. The molecule has 0 aliphatic rings. The standard InChI is InChI=1S/C13H11ClFNO3/c1-18-13(17)12-5-3-9(19-12)7-16-11-6-8(15)2-4-10(11)14/h2-6,16H,7H2,1H3. The second-order valence-electron chi connectivity index (χ2n) is 3.74. The third kappa shape index (κ3) is 3.26. The molecule has 1 aromatic carbocycles. The summed E-state index contributed by atoms with van der Waals surface area (Å²) in [5.41, 5.74) is 0.456. The number of ether oxygens (including phenoxy) is 1. The van der Waals surface area contributed by atoms with Crippen molar-refractivity contribution in [3.05, 3.63) is 52.7 Å². The number of esters is 1. The zero-order valence-electron chi connectivity index (χ0n) is 10.1. The summed E-state index contributed by atoms with van der Waals surface area (Å²) in [4.78, 5) is 11.2. The third-order valence-corrected chi connectivity index (χ3v) is 2.76. The molecule has 2 aromatic rings. The highest BCUT2D eigenvalue weighted by Crippen LogP contribution is 2.23. The van der Waals surface area contributed by atoms with Gasteiger partial charge in [-0.1, -0.05) is 11.6 Å². The van der Waals surface area contributed by atoms with Crippen LogP contribution in [0.5, 0.6) is 0 Å². The van der Waals surface area contributed by atoms with E-state index in [9.17, 15) is 9.18 Å². The Morgan fingerprint density at radius 3 is 2.95 bits per heavy atom. The minimum Gasteiger partial charge on any atom is -0.463 e. The van der Waals surface area contributed by atoms with E-state index < -0.39 is 5.97 Å². The number of methoxy groups -OCH3 is 1. The zero-order chi connectivity index (χ0) is 13.8. The number of rotatable bonds is 4. The Kier molecular flexibility index (Phi) is 4.06. The maximum absolute atomic E-state index is 13.0. The van der Waals surface area contributed by atoms with Crippen molar-refractivity contribution in [1.29, 1.82) is 0 Å². The van der Waals surface area contributed by atoms with Crippen molar-refractivity contribution >= 4 is 23.3 Å². The van der Waals surface area contributed by atoms with Crippen LogP contribution in [0.2, 0.25) is 5.02 Å². The molecular weight excluding hydrogens is 273 g/mol. The number of anilines is 1. The molecule has 6 heteroatoms. The van der Waals surface area contributed by atoms with Crippen LogP contribution in [0.25, 0.3) is 0 Å². The van der Waals surface area contributed by atoms with E-state index in [0.29, 0.717) is 16.5 Å². The van der Waals surface area contributed by atoms with Crippen molar-refractivity contribution in [3.8, 4) is 0 Å². The number of carbonyl (C=O) groups excluding carboxylic acids is 1. The first kappa shape index (κ1) is 13.4. The number of hydrogen-bond donors (Lipinski definition) is 1. The van der Waals surface area contributed by atoms with Gasteiger partial charge in [0.1, 0.15) is 11.6 Å². The Labute approximate surface area is 114 Å². The summed E-state index contributed by atoms with van der Waals surface area (Å²) in [6.07, 6.45) is 0. The molecule has 19 heavy (non-hydrogen) atoms. The lowest BCUT2D eigenvalue weighted by atomic mass is 10.3. The minimum absolute atomic E-state index is 0.115. The second-order valence-corrected chi connectivity index (χ2v) is 4.14. The van der Waals surface area contributed by atoms with Gasteiger partial charge in [-0.3, -0.25) is 0 Å². The highest BCUT2D eigenvalue weighted by molar-refractivity contribution is 6.33. The number of hydrogen-bond acceptors (Lipinski definition) is 4. The van der Waals surface area contributed by atoms with E-state index in [1.54, 1.807) is 6.07 Å². The molecule has 0 aliphatic heterocycles. The van der Waals surface area contributed by atoms with Gasteiger partial charge in [-0.25, -0.2) is 9.18 Å². The predicted molar refractivity (Wildman–Crippen MR) is 68.8 cm³/mol. The number of benzene rings is 1. The highest BCUT2D eigenvalue weighted by Gasteiger charge is 2.11.